The number of nitrogens with two attached hydrogens (primary N) is 1. The van der Waals surface area contributed by atoms with Gasteiger partial charge in [-0.15, -0.1) is 0 Å². The Hall–Kier alpha value is -0.0400. The van der Waals surface area contributed by atoms with Crippen molar-refractivity contribution in [3.05, 3.63) is 0 Å². The lowest BCUT2D eigenvalue weighted by Gasteiger charge is -2.14. The van der Waals surface area contributed by atoms with Gasteiger partial charge in [-0.1, -0.05) is 39.5 Å². The smallest absolute Gasteiger partial charge is 0.00671 e. The lowest BCUT2D eigenvalue weighted by Crippen LogP contribution is -2.22. The van der Waals surface area contributed by atoms with Crippen LogP contribution in [0.25, 0.3) is 0 Å². The minimum Gasteiger partial charge on any atom is -0.327 e. The minimum atomic E-state index is 0.523. The summed E-state index contributed by atoms with van der Waals surface area (Å²) >= 11 is 0. The highest BCUT2D eigenvalue weighted by molar-refractivity contribution is 4.83. The van der Waals surface area contributed by atoms with Crippen LogP contribution in [0, 0.1) is 11.8 Å². The van der Waals surface area contributed by atoms with E-state index in [9.17, 15) is 0 Å². The van der Waals surface area contributed by atoms with Crippen LogP contribution in [0.3, 0.4) is 0 Å². The van der Waals surface area contributed by atoms with Gasteiger partial charge in [0.15, 0.2) is 0 Å². The largest absolute Gasteiger partial charge is 0.327 e. The van der Waals surface area contributed by atoms with Crippen LogP contribution in [0.2, 0.25) is 0 Å². The Morgan fingerprint density at radius 2 is 1.77 bits per heavy atom. The maximum atomic E-state index is 6.05. The molecule has 0 bridgehead atoms. The minimum absolute atomic E-state index is 0.523. The van der Waals surface area contributed by atoms with Gasteiger partial charge in [0.2, 0.25) is 0 Å². The molecule has 13 heavy (non-hydrogen) atoms. The second-order valence-corrected chi connectivity index (χ2v) is 4.61. The Balaban J connectivity index is 1.98. The third-order valence-corrected chi connectivity index (χ3v) is 3.53. The van der Waals surface area contributed by atoms with Gasteiger partial charge in [-0.2, -0.15) is 0 Å². The van der Waals surface area contributed by atoms with E-state index in [-0.39, 0.29) is 0 Å². The van der Waals surface area contributed by atoms with Crippen LogP contribution < -0.4 is 5.73 Å². The van der Waals surface area contributed by atoms with E-state index in [0.717, 1.165) is 11.8 Å². The molecule has 1 fully saturated rings. The van der Waals surface area contributed by atoms with Crippen LogP contribution in [0.5, 0.6) is 0 Å². The van der Waals surface area contributed by atoms with Gasteiger partial charge in [0.1, 0.15) is 0 Å². The fourth-order valence-electron chi connectivity index (χ4n) is 2.10. The maximum Gasteiger partial charge on any atom is 0.00671 e. The molecule has 0 amide bonds. The monoisotopic (exact) mass is 183 g/mol. The van der Waals surface area contributed by atoms with E-state index in [1.165, 1.54) is 44.9 Å². The van der Waals surface area contributed by atoms with Crippen LogP contribution in [0.4, 0.5) is 0 Å². The Bertz CT molecular complexity index is 123. The number of hydrogen-bond donors (Lipinski definition) is 1. The van der Waals surface area contributed by atoms with E-state index in [2.05, 4.69) is 13.8 Å². The van der Waals surface area contributed by atoms with Crippen molar-refractivity contribution in [2.45, 2.75) is 64.8 Å². The van der Waals surface area contributed by atoms with E-state index in [4.69, 9.17) is 5.73 Å². The third kappa shape index (κ3) is 4.12. The first kappa shape index (κ1) is 11.0. The molecule has 1 unspecified atom stereocenters. The van der Waals surface area contributed by atoms with Crippen LogP contribution >= 0.6 is 0 Å². The molecule has 1 saturated carbocycles. The topological polar surface area (TPSA) is 26.0 Å². The molecule has 1 aliphatic carbocycles. The molecular formula is C12H25N. The third-order valence-electron chi connectivity index (χ3n) is 3.53. The summed E-state index contributed by atoms with van der Waals surface area (Å²) in [5, 5.41) is 0. The number of rotatable bonds is 7. The van der Waals surface area contributed by atoms with Crippen molar-refractivity contribution in [2.75, 3.05) is 0 Å². The Morgan fingerprint density at radius 3 is 2.23 bits per heavy atom. The Kier molecular flexibility index (Phi) is 4.79. The predicted octanol–water partition coefficient (Wildman–Crippen LogP) is 3.33. The van der Waals surface area contributed by atoms with Gasteiger partial charge < -0.3 is 5.73 Å². The highest BCUT2D eigenvalue weighted by Gasteiger charge is 2.27. The van der Waals surface area contributed by atoms with E-state index in [0.29, 0.717) is 6.04 Å². The van der Waals surface area contributed by atoms with Crippen LogP contribution in [0.15, 0.2) is 0 Å². The first-order chi connectivity index (χ1) is 6.27. The lowest BCUT2D eigenvalue weighted by molar-refractivity contribution is 0.411. The van der Waals surface area contributed by atoms with Gasteiger partial charge in [0, 0.05) is 6.04 Å². The molecule has 0 aromatic carbocycles. The summed E-state index contributed by atoms with van der Waals surface area (Å²) in [5.41, 5.74) is 6.05. The molecule has 0 aromatic heterocycles. The normalized spacial score (nSPS) is 19.4. The van der Waals surface area contributed by atoms with Crippen molar-refractivity contribution >= 4 is 0 Å². The molecule has 2 N–H and O–H groups in total. The Morgan fingerprint density at radius 1 is 1.15 bits per heavy atom. The van der Waals surface area contributed by atoms with Gasteiger partial charge in [-0.25, -0.2) is 0 Å². The summed E-state index contributed by atoms with van der Waals surface area (Å²) in [6.45, 7) is 4.60. The van der Waals surface area contributed by atoms with Gasteiger partial charge in [0.25, 0.3) is 0 Å². The summed E-state index contributed by atoms with van der Waals surface area (Å²) in [7, 11) is 0. The summed E-state index contributed by atoms with van der Waals surface area (Å²) in [4.78, 5) is 0. The zero-order valence-electron chi connectivity index (χ0n) is 9.26. The van der Waals surface area contributed by atoms with E-state index < -0.39 is 0 Å². The zero-order chi connectivity index (χ0) is 9.68. The molecule has 78 valence electrons. The van der Waals surface area contributed by atoms with Crippen molar-refractivity contribution < 1.29 is 0 Å². The highest BCUT2D eigenvalue weighted by Crippen LogP contribution is 2.33. The van der Waals surface area contributed by atoms with Crippen molar-refractivity contribution in [2.24, 2.45) is 17.6 Å². The first-order valence-corrected chi connectivity index (χ1v) is 6.03. The lowest BCUT2D eigenvalue weighted by atomic mass is 9.94. The summed E-state index contributed by atoms with van der Waals surface area (Å²) in [6, 6.07) is 0.523. The summed E-state index contributed by atoms with van der Waals surface area (Å²) in [6.07, 6.45) is 9.49. The quantitative estimate of drug-likeness (QED) is 0.643. The van der Waals surface area contributed by atoms with Gasteiger partial charge in [-0.05, 0) is 31.1 Å². The average molecular weight is 183 g/mol. The molecule has 1 aliphatic rings. The Labute approximate surface area is 83.1 Å². The molecule has 1 rings (SSSR count). The van der Waals surface area contributed by atoms with Crippen molar-refractivity contribution in [1.29, 1.82) is 0 Å². The molecular weight excluding hydrogens is 158 g/mol. The fourth-order valence-corrected chi connectivity index (χ4v) is 2.10. The molecule has 0 aromatic rings. The molecule has 1 atom stereocenters. The van der Waals surface area contributed by atoms with Crippen molar-refractivity contribution in [3.63, 3.8) is 0 Å². The summed E-state index contributed by atoms with van der Waals surface area (Å²) < 4.78 is 0. The summed E-state index contributed by atoms with van der Waals surface area (Å²) in [5.74, 6) is 1.84. The number of hydrogen-bond acceptors (Lipinski definition) is 1. The van der Waals surface area contributed by atoms with E-state index in [1.54, 1.807) is 0 Å². The van der Waals surface area contributed by atoms with Crippen molar-refractivity contribution in [3.8, 4) is 0 Å². The van der Waals surface area contributed by atoms with E-state index >= 15 is 0 Å². The van der Waals surface area contributed by atoms with Gasteiger partial charge in [-0.3, -0.25) is 0 Å². The van der Waals surface area contributed by atoms with Gasteiger partial charge >= 0.3 is 0 Å². The molecule has 1 heteroatoms. The van der Waals surface area contributed by atoms with Gasteiger partial charge in [0.05, 0.1) is 0 Å². The van der Waals surface area contributed by atoms with Crippen molar-refractivity contribution in [1.82, 2.24) is 0 Å². The second-order valence-electron chi connectivity index (χ2n) is 4.61. The van der Waals surface area contributed by atoms with Crippen LogP contribution in [0.1, 0.15) is 58.8 Å². The first-order valence-electron chi connectivity index (χ1n) is 6.03. The molecule has 0 radical (unpaired) electrons. The molecule has 0 saturated heterocycles. The fraction of sp³-hybridized carbons (Fsp3) is 1.00. The van der Waals surface area contributed by atoms with E-state index in [1.807, 2.05) is 0 Å². The molecule has 0 aliphatic heterocycles. The molecule has 0 heterocycles. The molecule has 0 spiro atoms. The SMILES string of the molecule is CCC(CC)CCCC(N)C1CC1. The van der Waals surface area contributed by atoms with Crippen LogP contribution in [-0.4, -0.2) is 6.04 Å². The zero-order valence-corrected chi connectivity index (χ0v) is 9.26. The predicted molar refractivity (Wildman–Crippen MR) is 58.6 cm³/mol. The van der Waals surface area contributed by atoms with Crippen LogP contribution in [-0.2, 0) is 0 Å². The standard InChI is InChI=1S/C12H25N/c1-3-10(4-2)6-5-7-12(13)11-8-9-11/h10-12H,3-9,13H2,1-2H3. The second kappa shape index (κ2) is 5.64. The highest BCUT2D eigenvalue weighted by atomic mass is 14.7. The average Bonchev–Trinajstić information content (AvgIpc) is 2.95. The molecule has 1 nitrogen and oxygen atoms in total. The maximum absolute atomic E-state index is 6.05.